The zero-order valence-corrected chi connectivity index (χ0v) is 12.9. The van der Waals surface area contributed by atoms with E-state index in [1.807, 2.05) is 20.0 Å². The van der Waals surface area contributed by atoms with E-state index in [-0.39, 0.29) is 0 Å². The second kappa shape index (κ2) is 5.33. The number of benzene rings is 1. The van der Waals surface area contributed by atoms with Crippen molar-refractivity contribution in [2.24, 2.45) is 7.05 Å². The number of anilines is 1. The molecule has 0 unspecified atom stereocenters. The molecule has 1 aromatic heterocycles. The van der Waals surface area contributed by atoms with Crippen LogP contribution in [-0.2, 0) is 13.6 Å². The fourth-order valence-corrected chi connectivity index (χ4v) is 2.46. The van der Waals surface area contributed by atoms with Gasteiger partial charge in [0.15, 0.2) is 0 Å². The van der Waals surface area contributed by atoms with Crippen LogP contribution in [0.4, 0.5) is 5.69 Å². The van der Waals surface area contributed by atoms with E-state index in [2.05, 4.69) is 45.4 Å². The van der Waals surface area contributed by atoms with E-state index < -0.39 is 0 Å². The molecule has 3 nitrogen and oxygen atoms in total. The van der Waals surface area contributed by atoms with E-state index in [0.29, 0.717) is 11.7 Å². The summed E-state index contributed by atoms with van der Waals surface area (Å²) in [5, 5.41) is 8.36. The Bertz CT molecular complexity index is 578. The van der Waals surface area contributed by atoms with Crippen LogP contribution in [0.3, 0.4) is 0 Å². The predicted octanol–water partition coefficient (Wildman–Crippen LogP) is 4.06. The number of nitrogens with one attached hydrogen (secondary N) is 1. The van der Waals surface area contributed by atoms with Crippen LogP contribution in [-0.4, -0.2) is 9.78 Å². The molecule has 0 amide bonds. The molecule has 1 heterocycles. The lowest BCUT2D eigenvalue weighted by Crippen LogP contribution is -2.01. The van der Waals surface area contributed by atoms with Gasteiger partial charge in [0.1, 0.15) is 5.15 Å². The van der Waals surface area contributed by atoms with Gasteiger partial charge in [0.25, 0.3) is 0 Å². The lowest BCUT2D eigenvalue weighted by atomic mass is 10.2. The van der Waals surface area contributed by atoms with Gasteiger partial charge in [-0.1, -0.05) is 17.7 Å². The van der Waals surface area contributed by atoms with Crippen LogP contribution in [0, 0.1) is 13.8 Å². The zero-order valence-electron chi connectivity index (χ0n) is 10.6. The molecular weight excluding hydrogens is 314 g/mol. The monoisotopic (exact) mass is 327 g/mol. The van der Waals surface area contributed by atoms with Crippen molar-refractivity contribution in [3.05, 3.63) is 44.6 Å². The number of aromatic nitrogens is 2. The third-order valence-electron chi connectivity index (χ3n) is 2.85. The SMILES string of the molecule is Cc1ccc(Br)c(NCc2c(C)nn(C)c2Cl)c1. The molecule has 2 rings (SSSR count). The van der Waals surface area contributed by atoms with Crippen molar-refractivity contribution in [1.29, 1.82) is 0 Å². The molecule has 0 fully saturated rings. The third kappa shape index (κ3) is 2.70. The number of halogens is 2. The second-order valence-electron chi connectivity index (χ2n) is 4.32. The van der Waals surface area contributed by atoms with Crippen molar-refractivity contribution >= 4 is 33.2 Å². The summed E-state index contributed by atoms with van der Waals surface area (Å²) in [5.41, 5.74) is 4.27. The average Bonchev–Trinajstić information content (AvgIpc) is 2.55. The van der Waals surface area contributed by atoms with Crippen molar-refractivity contribution in [2.45, 2.75) is 20.4 Å². The van der Waals surface area contributed by atoms with Gasteiger partial charge in [0.2, 0.25) is 0 Å². The summed E-state index contributed by atoms with van der Waals surface area (Å²) in [6.45, 7) is 4.70. The van der Waals surface area contributed by atoms with Gasteiger partial charge < -0.3 is 5.32 Å². The van der Waals surface area contributed by atoms with Crippen molar-refractivity contribution in [2.75, 3.05) is 5.32 Å². The zero-order chi connectivity index (χ0) is 13.3. The Labute approximate surface area is 120 Å². The Morgan fingerprint density at radius 1 is 1.39 bits per heavy atom. The molecule has 0 aliphatic heterocycles. The first-order valence-electron chi connectivity index (χ1n) is 5.67. The van der Waals surface area contributed by atoms with Gasteiger partial charge in [0, 0.05) is 29.3 Å². The maximum absolute atomic E-state index is 6.20. The molecule has 0 aliphatic rings. The number of aryl methyl sites for hydroxylation is 3. The number of hydrogen-bond donors (Lipinski definition) is 1. The summed E-state index contributed by atoms with van der Waals surface area (Å²) in [6.07, 6.45) is 0. The molecule has 0 spiro atoms. The molecule has 0 radical (unpaired) electrons. The summed E-state index contributed by atoms with van der Waals surface area (Å²) in [4.78, 5) is 0. The van der Waals surface area contributed by atoms with Crippen molar-refractivity contribution in [1.82, 2.24) is 9.78 Å². The molecule has 0 atom stereocenters. The first-order valence-corrected chi connectivity index (χ1v) is 6.84. The standard InChI is InChI=1S/C13H15BrClN3/c1-8-4-5-11(14)12(6-8)16-7-10-9(2)17-18(3)13(10)15/h4-6,16H,7H2,1-3H3. The molecule has 96 valence electrons. The lowest BCUT2D eigenvalue weighted by Gasteiger charge is -2.09. The van der Waals surface area contributed by atoms with Crippen molar-refractivity contribution < 1.29 is 0 Å². The molecular formula is C13H15BrClN3. The van der Waals surface area contributed by atoms with Gasteiger partial charge in [-0.2, -0.15) is 5.10 Å². The van der Waals surface area contributed by atoms with Crippen molar-refractivity contribution in [3.8, 4) is 0 Å². The quantitative estimate of drug-likeness (QED) is 0.920. The lowest BCUT2D eigenvalue weighted by molar-refractivity contribution is 0.757. The maximum Gasteiger partial charge on any atom is 0.131 e. The van der Waals surface area contributed by atoms with E-state index in [1.165, 1.54) is 5.56 Å². The molecule has 5 heteroatoms. The Morgan fingerprint density at radius 3 is 2.72 bits per heavy atom. The fraction of sp³-hybridized carbons (Fsp3) is 0.308. The first kappa shape index (κ1) is 13.4. The minimum absolute atomic E-state index is 0.667. The molecule has 0 bridgehead atoms. The molecule has 18 heavy (non-hydrogen) atoms. The van der Waals surface area contributed by atoms with E-state index in [9.17, 15) is 0 Å². The fourth-order valence-electron chi connectivity index (χ4n) is 1.83. The highest BCUT2D eigenvalue weighted by atomic mass is 79.9. The Morgan fingerprint density at radius 2 is 2.11 bits per heavy atom. The van der Waals surface area contributed by atoms with Gasteiger partial charge in [0.05, 0.1) is 5.69 Å². The molecule has 0 saturated heterocycles. The molecule has 2 aromatic rings. The largest absolute Gasteiger partial charge is 0.380 e. The van der Waals surface area contributed by atoms with Gasteiger partial charge in [-0.3, -0.25) is 4.68 Å². The van der Waals surface area contributed by atoms with Gasteiger partial charge in [-0.15, -0.1) is 0 Å². The highest BCUT2D eigenvalue weighted by Gasteiger charge is 2.11. The van der Waals surface area contributed by atoms with E-state index >= 15 is 0 Å². The summed E-state index contributed by atoms with van der Waals surface area (Å²) in [7, 11) is 1.85. The topological polar surface area (TPSA) is 29.9 Å². The second-order valence-corrected chi connectivity index (χ2v) is 5.53. The highest BCUT2D eigenvalue weighted by molar-refractivity contribution is 9.10. The molecule has 0 aliphatic carbocycles. The number of rotatable bonds is 3. The van der Waals surface area contributed by atoms with Crippen LogP contribution in [0.2, 0.25) is 5.15 Å². The molecule has 0 saturated carbocycles. The molecule has 1 aromatic carbocycles. The Hall–Kier alpha value is -1.00. The Balaban J connectivity index is 2.19. The highest BCUT2D eigenvalue weighted by Crippen LogP contribution is 2.25. The minimum atomic E-state index is 0.667. The van der Waals surface area contributed by atoms with Crippen LogP contribution < -0.4 is 5.32 Å². The number of hydrogen-bond acceptors (Lipinski definition) is 2. The van der Waals surface area contributed by atoms with Gasteiger partial charge in [-0.25, -0.2) is 0 Å². The molecule has 1 N–H and O–H groups in total. The van der Waals surface area contributed by atoms with Crippen LogP contribution in [0.15, 0.2) is 22.7 Å². The van der Waals surface area contributed by atoms with E-state index in [1.54, 1.807) is 4.68 Å². The van der Waals surface area contributed by atoms with E-state index in [0.717, 1.165) is 21.4 Å². The maximum atomic E-state index is 6.20. The van der Waals surface area contributed by atoms with Crippen LogP contribution in [0.1, 0.15) is 16.8 Å². The average molecular weight is 329 g/mol. The normalized spacial score (nSPS) is 10.7. The summed E-state index contributed by atoms with van der Waals surface area (Å²) < 4.78 is 2.74. The minimum Gasteiger partial charge on any atom is -0.380 e. The number of nitrogens with zero attached hydrogens (tertiary/aromatic N) is 2. The van der Waals surface area contributed by atoms with Crippen LogP contribution in [0.5, 0.6) is 0 Å². The first-order chi connectivity index (χ1) is 8.49. The Kier molecular flexibility index (Phi) is 3.97. The summed E-state index contributed by atoms with van der Waals surface area (Å²) in [6, 6.07) is 6.20. The predicted molar refractivity (Wildman–Crippen MR) is 79.2 cm³/mol. The van der Waals surface area contributed by atoms with Gasteiger partial charge >= 0.3 is 0 Å². The summed E-state index contributed by atoms with van der Waals surface area (Å²) in [5.74, 6) is 0. The van der Waals surface area contributed by atoms with Crippen molar-refractivity contribution in [3.63, 3.8) is 0 Å². The third-order valence-corrected chi connectivity index (χ3v) is 4.01. The van der Waals surface area contributed by atoms with Gasteiger partial charge in [-0.05, 0) is 47.5 Å². The van der Waals surface area contributed by atoms with Crippen LogP contribution >= 0.6 is 27.5 Å². The smallest absolute Gasteiger partial charge is 0.131 e. The van der Waals surface area contributed by atoms with E-state index in [4.69, 9.17) is 11.6 Å². The summed E-state index contributed by atoms with van der Waals surface area (Å²) >= 11 is 9.73. The van der Waals surface area contributed by atoms with Crippen LogP contribution in [0.25, 0.3) is 0 Å².